The Bertz CT molecular complexity index is 934. The van der Waals surface area contributed by atoms with E-state index in [2.05, 4.69) is 10.1 Å². The Kier molecular flexibility index (Phi) is 5.48. The summed E-state index contributed by atoms with van der Waals surface area (Å²) in [4.78, 5) is 19.3. The molecule has 0 unspecified atom stereocenters. The van der Waals surface area contributed by atoms with Crippen molar-refractivity contribution < 1.29 is 19.5 Å². The minimum absolute atomic E-state index is 0.255. The maximum Gasteiger partial charge on any atom is 0.335 e. The molecule has 6 nitrogen and oxygen atoms in total. The molecule has 2 heterocycles. The number of hydrogen-bond acceptors (Lipinski definition) is 5. The molecule has 0 bridgehead atoms. The molecule has 0 amide bonds. The molecule has 152 valence electrons. The maximum atomic E-state index is 11.0. The third-order valence-corrected chi connectivity index (χ3v) is 6.01. The molecule has 2 aliphatic rings. The molecule has 0 aliphatic carbocycles. The number of methoxy groups -OCH3 is 1. The topological polar surface area (TPSA) is 71.4 Å². The number of halogens is 1. The summed E-state index contributed by atoms with van der Waals surface area (Å²) in [5, 5.41) is 14.0. The fourth-order valence-corrected chi connectivity index (χ4v) is 4.12. The van der Waals surface area contributed by atoms with Crippen LogP contribution in [0.5, 0.6) is 5.75 Å². The third kappa shape index (κ3) is 4.23. The lowest BCUT2D eigenvalue weighted by atomic mass is 9.85. The summed E-state index contributed by atoms with van der Waals surface area (Å²) in [5.74, 6) is -0.230. The van der Waals surface area contributed by atoms with E-state index in [-0.39, 0.29) is 11.2 Å². The smallest absolute Gasteiger partial charge is 0.335 e. The van der Waals surface area contributed by atoms with Crippen molar-refractivity contribution in [3.63, 3.8) is 0 Å². The molecule has 2 aromatic rings. The number of benzene rings is 2. The van der Waals surface area contributed by atoms with Gasteiger partial charge in [0.05, 0.1) is 23.4 Å². The van der Waals surface area contributed by atoms with Gasteiger partial charge in [-0.3, -0.25) is 4.90 Å². The molecule has 1 saturated heterocycles. The van der Waals surface area contributed by atoms with Crippen molar-refractivity contribution in [3.8, 4) is 5.75 Å². The average molecular weight is 415 g/mol. The highest BCUT2D eigenvalue weighted by molar-refractivity contribution is 6.32. The lowest BCUT2D eigenvalue weighted by Gasteiger charge is -2.37. The molecule has 4 rings (SSSR count). The lowest BCUT2D eigenvalue weighted by molar-refractivity contribution is -0.0627. The molecule has 0 aromatic heterocycles. The van der Waals surface area contributed by atoms with Crippen LogP contribution >= 0.6 is 11.6 Å². The summed E-state index contributed by atoms with van der Waals surface area (Å²) in [6, 6.07) is 12.7. The number of piperidine rings is 1. The highest BCUT2D eigenvalue weighted by atomic mass is 35.5. The number of oxime groups is 1. The molecule has 1 fully saturated rings. The van der Waals surface area contributed by atoms with Crippen molar-refractivity contribution in [2.24, 2.45) is 5.16 Å². The number of rotatable bonds is 5. The van der Waals surface area contributed by atoms with Gasteiger partial charge in [-0.1, -0.05) is 35.0 Å². The van der Waals surface area contributed by atoms with Crippen molar-refractivity contribution >= 4 is 23.3 Å². The lowest BCUT2D eigenvalue weighted by Crippen LogP contribution is -2.44. The summed E-state index contributed by atoms with van der Waals surface area (Å²) in [6.07, 6.45) is 2.55. The Morgan fingerprint density at radius 1 is 1.24 bits per heavy atom. The second kappa shape index (κ2) is 8.05. The van der Waals surface area contributed by atoms with Gasteiger partial charge in [0.15, 0.2) is 0 Å². The van der Waals surface area contributed by atoms with E-state index in [1.807, 2.05) is 18.2 Å². The largest absolute Gasteiger partial charge is 0.495 e. The van der Waals surface area contributed by atoms with Crippen LogP contribution in [0.4, 0.5) is 0 Å². The van der Waals surface area contributed by atoms with E-state index >= 15 is 0 Å². The molecule has 0 atom stereocenters. The van der Waals surface area contributed by atoms with Crippen LogP contribution in [0.1, 0.15) is 40.7 Å². The van der Waals surface area contributed by atoms with Crippen LogP contribution < -0.4 is 4.74 Å². The van der Waals surface area contributed by atoms with Crippen LogP contribution in [-0.2, 0) is 11.4 Å². The number of ether oxygens (including phenoxy) is 1. The number of carboxylic acids is 1. The number of carboxylic acid groups (broad SMARTS) is 1. The van der Waals surface area contributed by atoms with Gasteiger partial charge in [-0.05, 0) is 35.4 Å². The van der Waals surface area contributed by atoms with E-state index in [1.165, 1.54) is 5.56 Å². The quantitative estimate of drug-likeness (QED) is 0.793. The summed E-state index contributed by atoms with van der Waals surface area (Å²) >= 11 is 6.11. The van der Waals surface area contributed by atoms with Gasteiger partial charge in [-0.2, -0.15) is 0 Å². The Labute approximate surface area is 174 Å². The summed E-state index contributed by atoms with van der Waals surface area (Å²) in [7, 11) is 1.62. The van der Waals surface area contributed by atoms with Gasteiger partial charge < -0.3 is 14.7 Å². The van der Waals surface area contributed by atoms with Crippen molar-refractivity contribution in [1.82, 2.24) is 4.90 Å². The fourth-order valence-electron chi connectivity index (χ4n) is 3.93. The van der Waals surface area contributed by atoms with Crippen molar-refractivity contribution in [1.29, 1.82) is 0 Å². The molecular formula is C22H23ClN2O4. The van der Waals surface area contributed by atoms with Gasteiger partial charge in [-0.15, -0.1) is 0 Å². The van der Waals surface area contributed by atoms with Crippen LogP contribution in [0.2, 0.25) is 5.02 Å². The first-order chi connectivity index (χ1) is 14.0. The summed E-state index contributed by atoms with van der Waals surface area (Å²) in [6.45, 7) is 2.69. The molecule has 7 heteroatoms. The monoisotopic (exact) mass is 414 g/mol. The molecular weight excluding hydrogens is 392 g/mol. The standard InChI is InChI=1S/C22H23ClN2O4/c1-28-20-12-15(2-7-18(20)23)14-25-10-8-22(9-11-25)13-19(24-29-22)16-3-5-17(6-4-16)21(26)27/h2-7,12H,8-11,13-14H2,1H3,(H,26,27). The molecule has 2 aromatic carbocycles. The zero-order valence-electron chi connectivity index (χ0n) is 16.2. The predicted octanol–water partition coefficient (Wildman–Crippen LogP) is 4.21. The van der Waals surface area contributed by atoms with Crippen LogP contribution in [0.15, 0.2) is 47.6 Å². The number of nitrogens with zero attached hydrogens (tertiary/aromatic N) is 2. The predicted molar refractivity (Wildman–Crippen MR) is 111 cm³/mol. The van der Waals surface area contributed by atoms with Gasteiger partial charge in [-0.25, -0.2) is 4.79 Å². The fraction of sp³-hybridized carbons (Fsp3) is 0.364. The molecule has 29 heavy (non-hydrogen) atoms. The number of likely N-dealkylation sites (tertiary alicyclic amines) is 1. The minimum atomic E-state index is -0.927. The van der Waals surface area contributed by atoms with Gasteiger partial charge >= 0.3 is 5.97 Å². The van der Waals surface area contributed by atoms with Gasteiger partial charge in [0.1, 0.15) is 11.4 Å². The molecule has 0 radical (unpaired) electrons. The van der Waals surface area contributed by atoms with E-state index in [4.69, 9.17) is 26.3 Å². The van der Waals surface area contributed by atoms with Crippen molar-refractivity contribution in [3.05, 3.63) is 64.2 Å². The van der Waals surface area contributed by atoms with Crippen LogP contribution in [-0.4, -0.2) is 47.5 Å². The van der Waals surface area contributed by atoms with E-state index < -0.39 is 5.97 Å². The van der Waals surface area contributed by atoms with E-state index in [0.29, 0.717) is 10.8 Å². The zero-order valence-corrected chi connectivity index (χ0v) is 17.0. The Morgan fingerprint density at radius 3 is 2.62 bits per heavy atom. The number of carbonyl (C=O) groups is 1. The minimum Gasteiger partial charge on any atom is -0.495 e. The second-order valence-corrected chi connectivity index (χ2v) is 8.02. The Hall–Kier alpha value is -2.57. The third-order valence-electron chi connectivity index (χ3n) is 5.69. The first-order valence-corrected chi connectivity index (χ1v) is 9.99. The van der Waals surface area contributed by atoms with E-state index in [0.717, 1.165) is 50.2 Å². The number of aromatic carboxylic acids is 1. The average Bonchev–Trinajstić information content (AvgIpc) is 3.15. The molecule has 2 aliphatic heterocycles. The second-order valence-electron chi connectivity index (χ2n) is 7.62. The first-order valence-electron chi connectivity index (χ1n) is 9.62. The molecule has 0 saturated carbocycles. The Morgan fingerprint density at radius 2 is 1.97 bits per heavy atom. The van der Waals surface area contributed by atoms with Crippen LogP contribution in [0, 0.1) is 0 Å². The van der Waals surface area contributed by atoms with Gasteiger partial charge in [0.25, 0.3) is 0 Å². The van der Waals surface area contributed by atoms with Crippen molar-refractivity contribution in [2.45, 2.75) is 31.4 Å². The highest BCUT2D eigenvalue weighted by Crippen LogP contribution is 2.36. The summed E-state index contributed by atoms with van der Waals surface area (Å²) in [5.41, 5.74) is 3.00. The maximum absolute atomic E-state index is 11.0. The van der Waals surface area contributed by atoms with E-state index in [9.17, 15) is 4.79 Å². The Balaban J connectivity index is 1.34. The first kappa shape index (κ1) is 19.7. The molecule has 1 N–H and O–H groups in total. The summed E-state index contributed by atoms with van der Waals surface area (Å²) < 4.78 is 5.31. The zero-order chi connectivity index (χ0) is 20.4. The van der Waals surface area contributed by atoms with Gasteiger partial charge in [0, 0.05) is 38.9 Å². The van der Waals surface area contributed by atoms with E-state index in [1.54, 1.807) is 31.4 Å². The SMILES string of the molecule is COc1cc(CN2CCC3(CC2)CC(c2ccc(C(=O)O)cc2)=NO3)ccc1Cl. The number of hydrogen-bond donors (Lipinski definition) is 1. The molecule has 1 spiro atoms. The highest BCUT2D eigenvalue weighted by Gasteiger charge is 2.42. The van der Waals surface area contributed by atoms with Gasteiger partial charge in [0.2, 0.25) is 0 Å². The normalized spacial score (nSPS) is 18.3. The van der Waals surface area contributed by atoms with Crippen LogP contribution in [0.25, 0.3) is 0 Å². The van der Waals surface area contributed by atoms with Crippen LogP contribution in [0.3, 0.4) is 0 Å². The van der Waals surface area contributed by atoms with Crippen molar-refractivity contribution in [2.75, 3.05) is 20.2 Å².